The van der Waals surface area contributed by atoms with E-state index in [4.69, 9.17) is 9.84 Å². The molecule has 2 rings (SSSR count). The van der Waals surface area contributed by atoms with E-state index in [0.717, 1.165) is 6.08 Å². The quantitative estimate of drug-likeness (QED) is 0.597. The van der Waals surface area contributed by atoms with Gasteiger partial charge in [-0.05, 0) is 30.3 Å². The first kappa shape index (κ1) is 20.2. The van der Waals surface area contributed by atoms with Crippen LogP contribution >= 0.6 is 15.9 Å². The molecule has 2 aromatic rings. The fourth-order valence-corrected chi connectivity index (χ4v) is 2.61. The predicted molar refractivity (Wildman–Crippen MR) is 100 cm³/mol. The van der Waals surface area contributed by atoms with Crippen LogP contribution in [-0.2, 0) is 9.53 Å². The second-order valence-corrected chi connectivity index (χ2v) is 6.31. The molecule has 0 fully saturated rings. The lowest BCUT2D eigenvalue weighted by molar-refractivity contribution is -0.131. The van der Waals surface area contributed by atoms with E-state index in [9.17, 15) is 19.5 Å². The summed E-state index contributed by atoms with van der Waals surface area (Å²) in [5.74, 6) is -1.93. The Kier molecular flexibility index (Phi) is 7.13. The highest BCUT2D eigenvalue weighted by Gasteiger charge is 2.21. The molecule has 0 aliphatic heterocycles. The number of carbonyl (C=O) groups is 3. The van der Waals surface area contributed by atoms with E-state index in [1.165, 1.54) is 24.3 Å². The third-order valence-electron chi connectivity index (χ3n) is 3.45. The van der Waals surface area contributed by atoms with Crippen molar-refractivity contribution in [2.75, 3.05) is 0 Å². The number of ether oxygens (including phenoxy) is 1. The van der Waals surface area contributed by atoms with E-state index >= 15 is 0 Å². The molecule has 2 aromatic carbocycles. The Morgan fingerprint density at radius 2 is 1.85 bits per heavy atom. The zero-order valence-corrected chi connectivity index (χ0v) is 15.5. The number of phenols is 1. The van der Waals surface area contributed by atoms with Crippen LogP contribution in [0.4, 0.5) is 4.79 Å². The molecule has 0 heterocycles. The minimum Gasteiger partial charge on any atom is -0.508 e. The van der Waals surface area contributed by atoms with Gasteiger partial charge >= 0.3 is 12.1 Å². The number of amides is 2. The molecule has 3 N–H and O–H groups in total. The van der Waals surface area contributed by atoms with Crippen LogP contribution in [0.5, 0.6) is 5.75 Å². The molecule has 27 heavy (non-hydrogen) atoms. The van der Waals surface area contributed by atoms with E-state index in [1.54, 1.807) is 30.3 Å². The van der Waals surface area contributed by atoms with Gasteiger partial charge in [0.15, 0.2) is 0 Å². The Balaban J connectivity index is 2.15. The summed E-state index contributed by atoms with van der Waals surface area (Å²) >= 11 is 3.26. The Morgan fingerprint density at radius 1 is 1.15 bits per heavy atom. The Morgan fingerprint density at radius 3 is 2.52 bits per heavy atom. The van der Waals surface area contributed by atoms with E-state index < -0.39 is 24.1 Å². The van der Waals surface area contributed by atoms with Gasteiger partial charge in [-0.3, -0.25) is 10.1 Å². The SMILES string of the molecule is O=C(O)/C=C/C[C@H](OC(=O)NC(=O)c1ccccc1)c1cc(Br)ccc1O. The summed E-state index contributed by atoms with van der Waals surface area (Å²) in [4.78, 5) is 34.8. The summed E-state index contributed by atoms with van der Waals surface area (Å²) in [6, 6.07) is 12.7. The molecule has 0 radical (unpaired) electrons. The Labute approximate surface area is 163 Å². The molecule has 0 aromatic heterocycles. The summed E-state index contributed by atoms with van der Waals surface area (Å²) in [7, 11) is 0. The van der Waals surface area contributed by atoms with Gasteiger partial charge in [-0.1, -0.05) is 40.2 Å². The number of carboxylic acids is 1. The monoisotopic (exact) mass is 433 g/mol. The molecule has 7 nitrogen and oxygen atoms in total. The van der Waals surface area contributed by atoms with Gasteiger partial charge in [0.05, 0.1) is 0 Å². The van der Waals surface area contributed by atoms with Gasteiger partial charge in [-0.2, -0.15) is 0 Å². The standard InChI is InChI=1S/C19H16BrNO6/c20-13-9-10-15(22)14(11-13)16(7-4-8-17(23)24)27-19(26)21-18(25)12-5-2-1-3-6-12/h1-6,8-11,16,22H,7H2,(H,23,24)(H,21,25,26)/b8-4+/t16-/m0/s1. The van der Waals surface area contributed by atoms with Gasteiger partial charge in [-0.15, -0.1) is 0 Å². The van der Waals surface area contributed by atoms with Crippen LogP contribution in [0.15, 0.2) is 65.2 Å². The molecule has 2 amide bonds. The molecule has 1 atom stereocenters. The van der Waals surface area contributed by atoms with Crippen LogP contribution < -0.4 is 5.32 Å². The molecule has 0 saturated heterocycles. The molecule has 0 spiro atoms. The maximum atomic E-state index is 12.1. The number of benzene rings is 2. The zero-order valence-electron chi connectivity index (χ0n) is 14.0. The summed E-state index contributed by atoms with van der Waals surface area (Å²) in [5, 5.41) is 20.9. The summed E-state index contributed by atoms with van der Waals surface area (Å²) in [6.45, 7) is 0. The van der Waals surface area contributed by atoms with Gasteiger partial charge in [0.25, 0.3) is 5.91 Å². The van der Waals surface area contributed by atoms with Crippen LogP contribution in [0, 0.1) is 0 Å². The minimum absolute atomic E-state index is 0.0107. The van der Waals surface area contributed by atoms with Crippen molar-refractivity contribution in [2.45, 2.75) is 12.5 Å². The summed E-state index contributed by atoms with van der Waals surface area (Å²) in [6.07, 6.45) is 0.167. The van der Waals surface area contributed by atoms with E-state index in [0.29, 0.717) is 4.47 Å². The zero-order chi connectivity index (χ0) is 19.8. The van der Waals surface area contributed by atoms with Crippen LogP contribution in [0.3, 0.4) is 0 Å². The van der Waals surface area contributed by atoms with Crippen LogP contribution in [-0.4, -0.2) is 28.2 Å². The maximum Gasteiger partial charge on any atom is 0.414 e. The topological polar surface area (TPSA) is 113 Å². The fourth-order valence-electron chi connectivity index (χ4n) is 2.23. The van der Waals surface area contributed by atoms with Crippen LogP contribution in [0.2, 0.25) is 0 Å². The highest BCUT2D eigenvalue weighted by atomic mass is 79.9. The number of rotatable bonds is 6. The molecule has 140 valence electrons. The van der Waals surface area contributed by atoms with Crippen molar-refractivity contribution in [3.8, 4) is 5.75 Å². The summed E-state index contributed by atoms with van der Waals surface area (Å²) in [5.41, 5.74) is 0.545. The molecule has 0 saturated carbocycles. The van der Waals surface area contributed by atoms with Crippen molar-refractivity contribution >= 4 is 33.9 Å². The Bertz CT molecular complexity index is 866. The molecule has 8 heteroatoms. The number of hydrogen-bond donors (Lipinski definition) is 3. The smallest absolute Gasteiger partial charge is 0.414 e. The van der Waals surface area contributed by atoms with Crippen molar-refractivity contribution in [2.24, 2.45) is 0 Å². The van der Waals surface area contributed by atoms with E-state index in [-0.39, 0.29) is 23.3 Å². The lowest BCUT2D eigenvalue weighted by atomic mass is 10.1. The normalized spacial score (nSPS) is 11.7. The molecule has 0 unspecified atom stereocenters. The number of halogens is 1. The van der Waals surface area contributed by atoms with Gasteiger partial charge < -0.3 is 14.9 Å². The number of alkyl carbamates (subject to hydrolysis) is 1. The molecule has 0 aliphatic rings. The van der Waals surface area contributed by atoms with Crippen LogP contribution in [0.25, 0.3) is 0 Å². The summed E-state index contributed by atoms with van der Waals surface area (Å²) < 4.78 is 5.88. The lowest BCUT2D eigenvalue weighted by Crippen LogP contribution is -2.32. The van der Waals surface area contributed by atoms with Crippen molar-refractivity contribution in [1.29, 1.82) is 0 Å². The van der Waals surface area contributed by atoms with Gasteiger partial charge in [0, 0.05) is 28.1 Å². The molecular weight excluding hydrogens is 418 g/mol. The third kappa shape index (κ3) is 6.27. The highest BCUT2D eigenvalue weighted by molar-refractivity contribution is 9.10. The van der Waals surface area contributed by atoms with Crippen molar-refractivity contribution in [1.82, 2.24) is 5.32 Å². The first-order valence-electron chi connectivity index (χ1n) is 7.81. The van der Waals surface area contributed by atoms with Crippen molar-refractivity contribution in [3.63, 3.8) is 0 Å². The van der Waals surface area contributed by atoms with Gasteiger partial charge in [0.2, 0.25) is 0 Å². The second kappa shape index (κ2) is 9.54. The second-order valence-electron chi connectivity index (χ2n) is 5.39. The number of aromatic hydroxyl groups is 1. The molecule has 0 aliphatic carbocycles. The molecule has 0 bridgehead atoms. The highest BCUT2D eigenvalue weighted by Crippen LogP contribution is 2.32. The number of carboxylic acid groups (broad SMARTS) is 1. The molecular formula is C19H16BrNO6. The first-order valence-corrected chi connectivity index (χ1v) is 8.61. The Hall–Kier alpha value is -3.13. The van der Waals surface area contributed by atoms with Gasteiger partial charge in [-0.25, -0.2) is 9.59 Å². The number of imide groups is 1. The van der Waals surface area contributed by atoms with Gasteiger partial charge in [0.1, 0.15) is 11.9 Å². The average molecular weight is 434 g/mol. The van der Waals surface area contributed by atoms with Crippen molar-refractivity contribution in [3.05, 3.63) is 76.3 Å². The minimum atomic E-state index is -1.16. The average Bonchev–Trinajstić information content (AvgIpc) is 2.63. The van der Waals surface area contributed by atoms with Crippen molar-refractivity contribution < 1.29 is 29.3 Å². The third-order valence-corrected chi connectivity index (χ3v) is 3.94. The maximum absolute atomic E-state index is 12.1. The largest absolute Gasteiger partial charge is 0.508 e. The first-order chi connectivity index (χ1) is 12.9. The lowest BCUT2D eigenvalue weighted by Gasteiger charge is -2.18. The predicted octanol–water partition coefficient (Wildman–Crippen LogP) is 3.79. The van der Waals surface area contributed by atoms with Crippen LogP contribution in [0.1, 0.15) is 28.4 Å². The van der Waals surface area contributed by atoms with E-state index in [2.05, 4.69) is 21.2 Å². The number of hydrogen-bond acceptors (Lipinski definition) is 5. The fraction of sp³-hybridized carbons (Fsp3) is 0.105. The number of aliphatic carboxylic acids is 1. The number of carbonyl (C=O) groups excluding carboxylic acids is 2. The van der Waals surface area contributed by atoms with E-state index in [1.807, 2.05) is 0 Å². The number of nitrogens with one attached hydrogen (secondary N) is 1. The number of phenolic OH excluding ortho intramolecular Hbond substituents is 1.